The van der Waals surface area contributed by atoms with Crippen molar-refractivity contribution < 1.29 is 33.3 Å². The molecule has 0 bridgehead atoms. The standard InChI is InChI=1S/C25H23NO7/c1-3-23(27)32-15-5-4-14-31-21-12-8-19(9-13-21)25(29)33-22-10-6-18(7-11-22)16-20(17-26)24(28)30-2/h3,6-13,16H,1,4-5,14-15H2,2H3/b20-16+. The summed E-state index contributed by atoms with van der Waals surface area (Å²) in [5, 5.41) is 9.00. The van der Waals surface area contributed by atoms with Gasteiger partial charge in [0, 0.05) is 6.08 Å². The van der Waals surface area contributed by atoms with E-state index in [0.29, 0.717) is 48.7 Å². The Bertz CT molecular complexity index is 1050. The van der Waals surface area contributed by atoms with E-state index >= 15 is 0 Å². The molecule has 0 aliphatic carbocycles. The first-order valence-electron chi connectivity index (χ1n) is 10.0. The summed E-state index contributed by atoms with van der Waals surface area (Å²) in [5.74, 6) is -0.802. The summed E-state index contributed by atoms with van der Waals surface area (Å²) in [6, 6.07) is 14.6. The van der Waals surface area contributed by atoms with Gasteiger partial charge >= 0.3 is 17.9 Å². The van der Waals surface area contributed by atoms with Crippen LogP contribution in [0.2, 0.25) is 0 Å². The van der Waals surface area contributed by atoms with Crippen LogP contribution in [0.4, 0.5) is 0 Å². The highest BCUT2D eigenvalue weighted by atomic mass is 16.5. The summed E-state index contributed by atoms with van der Waals surface area (Å²) in [5.41, 5.74) is 0.790. The Morgan fingerprint density at radius 2 is 1.61 bits per heavy atom. The molecule has 0 atom stereocenters. The number of hydrogen-bond donors (Lipinski definition) is 0. The highest BCUT2D eigenvalue weighted by Crippen LogP contribution is 2.18. The van der Waals surface area contributed by atoms with E-state index in [2.05, 4.69) is 11.3 Å². The van der Waals surface area contributed by atoms with Gasteiger partial charge in [0.1, 0.15) is 23.1 Å². The molecule has 0 unspecified atom stereocenters. The largest absolute Gasteiger partial charge is 0.494 e. The van der Waals surface area contributed by atoms with Crippen molar-refractivity contribution in [2.24, 2.45) is 0 Å². The number of nitrogens with zero attached hydrogens (tertiary/aromatic N) is 1. The van der Waals surface area contributed by atoms with Crippen molar-refractivity contribution in [2.45, 2.75) is 12.8 Å². The fourth-order valence-electron chi connectivity index (χ4n) is 2.52. The van der Waals surface area contributed by atoms with Gasteiger partial charge in [-0.15, -0.1) is 0 Å². The van der Waals surface area contributed by atoms with Gasteiger partial charge < -0.3 is 18.9 Å². The van der Waals surface area contributed by atoms with Crippen LogP contribution in [0, 0.1) is 11.3 Å². The van der Waals surface area contributed by atoms with Gasteiger partial charge in [0.2, 0.25) is 0 Å². The predicted octanol–water partition coefficient (Wildman–Crippen LogP) is 3.87. The zero-order valence-electron chi connectivity index (χ0n) is 18.1. The quantitative estimate of drug-likeness (QED) is 0.167. The number of benzene rings is 2. The Morgan fingerprint density at radius 1 is 0.970 bits per heavy atom. The number of unbranched alkanes of at least 4 members (excludes halogenated alkanes) is 1. The van der Waals surface area contributed by atoms with Crippen LogP contribution >= 0.6 is 0 Å². The number of ether oxygens (including phenoxy) is 4. The van der Waals surface area contributed by atoms with Gasteiger partial charge in [0.25, 0.3) is 0 Å². The second-order valence-electron chi connectivity index (χ2n) is 6.57. The molecular formula is C25H23NO7. The van der Waals surface area contributed by atoms with Gasteiger partial charge in [0.15, 0.2) is 0 Å². The van der Waals surface area contributed by atoms with E-state index in [1.54, 1.807) is 54.6 Å². The minimum atomic E-state index is -0.727. The molecule has 0 aromatic heterocycles. The Hall–Kier alpha value is -4.38. The maximum absolute atomic E-state index is 12.3. The first-order valence-corrected chi connectivity index (χ1v) is 10.0. The van der Waals surface area contributed by atoms with E-state index in [1.165, 1.54) is 13.2 Å². The highest BCUT2D eigenvalue weighted by molar-refractivity contribution is 5.97. The van der Waals surface area contributed by atoms with Crippen LogP contribution in [0.1, 0.15) is 28.8 Å². The Labute approximate surface area is 191 Å². The maximum Gasteiger partial charge on any atom is 0.348 e. The van der Waals surface area contributed by atoms with Crippen LogP contribution in [0.25, 0.3) is 6.08 Å². The van der Waals surface area contributed by atoms with Crippen LogP contribution in [-0.2, 0) is 19.1 Å². The topological polar surface area (TPSA) is 112 Å². The lowest BCUT2D eigenvalue weighted by Crippen LogP contribution is -2.08. The number of methoxy groups -OCH3 is 1. The Kier molecular flexibility index (Phi) is 9.90. The minimum absolute atomic E-state index is 0.138. The third-order valence-corrected chi connectivity index (χ3v) is 4.24. The van der Waals surface area contributed by atoms with Crippen molar-refractivity contribution in [1.82, 2.24) is 0 Å². The van der Waals surface area contributed by atoms with E-state index in [-0.39, 0.29) is 5.57 Å². The summed E-state index contributed by atoms with van der Waals surface area (Å²) in [6.45, 7) is 4.07. The number of esters is 3. The second kappa shape index (κ2) is 13.1. The molecule has 0 aliphatic heterocycles. The molecule has 2 aromatic rings. The van der Waals surface area contributed by atoms with E-state index in [0.717, 1.165) is 6.08 Å². The number of rotatable bonds is 11. The lowest BCUT2D eigenvalue weighted by Gasteiger charge is -2.08. The minimum Gasteiger partial charge on any atom is -0.494 e. The SMILES string of the molecule is C=CC(=O)OCCCCOc1ccc(C(=O)Oc2ccc(/C=C(\C#N)C(=O)OC)cc2)cc1. The summed E-state index contributed by atoms with van der Waals surface area (Å²) in [6.07, 6.45) is 3.87. The van der Waals surface area contributed by atoms with Crippen molar-refractivity contribution in [2.75, 3.05) is 20.3 Å². The highest BCUT2D eigenvalue weighted by Gasteiger charge is 2.10. The van der Waals surface area contributed by atoms with Crippen LogP contribution in [0.15, 0.2) is 66.8 Å². The molecule has 0 saturated heterocycles. The third kappa shape index (κ3) is 8.34. The van der Waals surface area contributed by atoms with E-state index in [1.807, 2.05) is 0 Å². The predicted molar refractivity (Wildman–Crippen MR) is 119 cm³/mol. The van der Waals surface area contributed by atoms with Crippen LogP contribution in [0.3, 0.4) is 0 Å². The molecule has 2 aromatic carbocycles. The summed E-state index contributed by atoms with van der Waals surface area (Å²) in [4.78, 5) is 34.7. The van der Waals surface area contributed by atoms with E-state index in [4.69, 9.17) is 19.5 Å². The van der Waals surface area contributed by atoms with Crippen molar-refractivity contribution >= 4 is 24.0 Å². The number of hydrogen-bond acceptors (Lipinski definition) is 8. The molecule has 0 saturated carbocycles. The van der Waals surface area contributed by atoms with E-state index in [9.17, 15) is 14.4 Å². The molecule has 0 spiro atoms. The Balaban J connectivity index is 1.84. The van der Waals surface area contributed by atoms with Crippen LogP contribution in [0.5, 0.6) is 11.5 Å². The molecule has 0 fully saturated rings. The van der Waals surface area contributed by atoms with Gasteiger partial charge in [-0.05, 0) is 60.9 Å². The number of carbonyl (C=O) groups is 3. The smallest absolute Gasteiger partial charge is 0.348 e. The molecule has 8 heteroatoms. The maximum atomic E-state index is 12.3. The first kappa shape index (κ1) is 24.9. The number of carbonyl (C=O) groups excluding carboxylic acids is 3. The first-order chi connectivity index (χ1) is 16.0. The number of nitriles is 1. The van der Waals surface area contributed by atoms with Crippen LogP contribution in [-0.4, -0.2) is 38.2 Å². The monoisotopic (exact) mass is 449 g/mol. The van der Waals surface area contributed by atoms with E-state index < -0.39 is 17.9 Å². The molecule has 2 rings (SSSR count). The molecule has 8 nitrogen and oxygen atoms in total. The van der Waals surface area contributed by atoms with Crippen molar-refractivity contribution in [3.8, 4) is 17.6 Å². The van der Waals surface area contributed by atoms with Crippen LogP contribution < -0.4 is 9.47 Å². The summed E-state index contributed by atoms with van der Waals surface area (Å²) in [7, 11) is 1.20. The third-order valence-electron chi connectivity index (χ3n) is 4.24. The average Bonchev–Trinajstić information content (AvgIpc) is 2.85. The van der Waals surface area contributed by atoms with Gasteiger partial charge in [0.05, 0.1) is 25.9 Å². The molecule has 0 N–H and O–H groups in total. The Morgan fingerprint density at radius 3 is 2.21 bits per heavy atom. The zero-order valence-corrected chi connectivity index (χ0v) is 18.1. The lowest BCUT2D eigenvalue weighted by atomic mass is 10.1. The molecule has 0 amide bonds. The summed E-state index contributed by atoms with van der Waals surface area (Å²) >= 11 is 0. The van der Waals surface area contributed by atoms with Crippen molar-refractivity contribution in [1.29, 1.82) is 5.26 Å². The average molecular weight is 449 g/mol. The van der Waals surface area contributed by atoms with Gasteiger partial charge in [-0.3, -0.25) is 0 Å². The fraction of sp³-hybridized carbons (Fsp3) is 0.200. The fourth-order valence-corrected chi connectivity index (χ4v) is 2.52. The van der Waals surface area contributed by atoms with Gasteiger partial charge in [-0.25, -0.2) is 14.4 Å². The molecule has 33 heavy (non-hydrogen) atoms. The van der Waals surface area contributed by atoms with Crippen molar-refractivity contribution in [3.63, 3.8) is 0 Å². The van der Waals surface area contributed by atoms with Crippen molar-refractivity contribution in [3.05, 3.63) is 77.9 Å². The van der Waals surface area contributed by atoms with Gasteiger partial charge in [-0.2, -0.15) is 5.26 Å². The second-order valence-corrected chi connectivity index (χ2v) is 6.57. The molecule has 0 heterocycles. The molecule has 0 radical (unpaired) electrons. The summed E-state index contributed by atoms with van der Waals surface area (Å²) < 4.78 is 20.4. The molecule has 0 aliphatic rings. The van der Waals surface area contributed by atoms with Gasteiger partial charge in [-0.1, -0.05) is 18.7 Å². The normalized spacial score (nSPS) is 10.5. The lowest BCUT2D eigenvalue weighted by molar-refractivity contribution is -0.138. The molecule has 170 valence electrons. The molecular weight excluding hydrogens is 426 g/mol. The zero-order chi connectivity index (χ0) is 24.1.